The zero-order chi connectivity index (χ0) is 20.2. The molecule has 0 spiro atoms. The third kappa shape index (κ3) is 5.72. The molecule has 0 saturated carbocycles. The number of nitrogens with zero attached hydrogens (tertiary/aromatic N) is 1. The molecule has 0 saturated heterocycles. The Morgan fingerprint density at radius 1 is 1.07 bits per heavy atom. The molecular formula is C18H19F3N2O3S. The van der Waals surface area contributed by atoms with Gasteiger partial charge in [0, 0.05) is 0 Å². The summed E-state index contributed by atoms with van der Waals surface area (Å²) in [6.45, 7) is 1.21. The Morgan fingerprint density at radius 2 is 1.63 bits per heavy atom. The van der Waals surface area contributed by atoms with Gasteiger partial charge in [-0.25, -0.2) is 8.42 Å². The number of sulfonamides is 1. The van der Waals surface area contributed by atoms with Gasteiger partial charge in [-0.3, -0.25) is 9.10 Å². The Hall–Kier alpha value is -2.55. The largest absolute Gasteiger partial charge is 0.416 e. The minimum atomic E-state index is -4.53. The van der Waals surface area contributed by atoms with Gasteiger partial charge in [-0.15, -0.1) is 0 Å². The maximum Gasteiger partial charge on any atom is 0.416 e. The number of rotatable bonds is 6. The van der Waals surface area contributed by atoms with E-state index in [4.69, 9.17) is 0 Å². The van der Waals surface area contributed by atoms with Crippen molar-refractivity contribution >= 4 is 21.6 Å². The van der Waals surface area contributed by atoms with Crippen molar-refractivity contribution in [2.75, 3.05) is 17.1 Å². The second kappa shape index (κ2) is 7.99. The summed E-state index contributed by atoms with van der Waals surface area (Å²) in [5.41, 5.74) is -0.0823. The van der Waals surface area contributed by atoms with Gasteiger partial charge in [0.05, 0.1) is 23.5 Å². The summed E-state index contributed by atoms with van der Waals surface area (Å²) in [4.78, 5) is 12.3. The van der Waals surface area contributed by atoms with E-state index >= 15 is 0 Å². The van der Waals surface area contributed by atoms with E-state index in [1.165, 1.54) is 0 Å². The SMILES string of the molecule is C[C@H](NC(=O)CN(c1ccc(C(F)(F)F)cc1)S(C)(=O)=O)c1ccccc1. The van der Waals surface area contributed by atoms with Gasteiger partial charge >= 0.3 is 6.18 Å². The number of carbonyl (C=O) groups excluding carboxylic acids is 1. The van der Waals surface area contributed by atoms with E-state index in [1.807, 2.05) is 30.3 Å². The van der Waals surface area contributed by atoms with Gasteiger partial charge in [-0.1, -0.05) is 30.3 Å². The van der Waals surface area contributed by atoms with Crippen LogP contribution >= 0.6 is 0 Å². The Bertz CT molecular complexity index is 882. The van der Waals surface area contributed by atoms with Crippen LogP contribution in [0.5, 0.6) is 0 Å². The number of carbonyl (C=O) groups is 1. The summed E-state index contributed by atoms with van der Waals surface area (Å²) in [5.74, 6) is -0.573. The lowest BCUT2D eigenvalue weighted by atomic mass is 10.1. The summed E-state index contributed by atoms with van der Waals surface area (Å²) in [7, 11) is -3.87. The first-order chi connectivity index (χ1) is 12.5. The number of benzene rings is 2. The fraction of sp³-hybridized carbons (Fsp3) is 0.278. The maximum absolute atomic E-state index is 12.7. The lowest BCUT2D eigenvalue weighted by Gasteiger charge is -2.23. The molecule has 146 valence electrons. The van der Waals surface area contributed by atoms with Crippen LogP contribution in [0.15, 0.2) is 54.6 Å². The third-order valence-corrected chi connectivity index (χ3v) is 4.99. The van der Waals surface area contributed by atoms with Crippen molar-refractivity contribution in [3.63, 3.8) is 0 Å². The number of hydrogen-bond acceptors (Lipinski definition) is 3. The van der Waals surface area contributed by atoms with E-state index in [1.54, 1.807) is 6.92 Å². The molecule has 9 heteroatoms. The second-order valence-corrected chi connectivity index (χ2v) is 7.92. The van der Waals surface area contributed by atoms with Crippen LogP contribution in [0.2, 0.25) is 0 Å². The van der Waals surface area contributed by atoms with Crippen LogP contribution in [0.1, 0.15) is 24.1 Å². The van der Waals surface area contributed by atoms with E-state index in [9.17, 15) is 26.4 Å². The molecular weight excluding hydrogens is 381 g/mol. The summed E-state index contributed by atoms with van der Waals surface area (Å²) in [6, 6.07) is 12.3. The van der Waals surface area contributed by atoms with Gasteiger partial charge in [0.25, 0.3) is 0 Å². The molecule has 0 aliphatic heterocycles. The minimum absolute atomic E-state index is 0.0204. The van der Waals surface area contributed by atoms with Crippen molar-refractivity contribution in [2.45, 2.75) is 19.1 Å². The summed E-state index contributed by atoms with van der Waals surface area (Å²) in [6.07, 6.45) is -3.64. The van der Waals surface area contributed by atoms with Crippen LogP contribution in [-0.2, 0) is 21.0 Å². The van der Waals surface area contributed by atoms with E-state index in [0.29, 0.717) is 0 Å². The smallest absolute Gasteiger partial charge is 0.348 e. The fourth-order valence-corrected chi connectivity index (χ4v) is 3.32. The lowest BCUT2D eigenvalue weighted by molar-refractivity contribution is -0.137. The van der Waals surface area contributed by atoms with Crippen LogP contribution in [0.4, 0.5) is 18.9 Å². The van der Waals surface area contributed by atoms with Crippen LogP contribution in [-0.4, -0.2) is 27.1 Å². The molecule has 27 heavy (non-hydrogen) atoms. The number of alkyl halides is 3. The van der Waals surface area contributed by atoms with Crippen LogP contribution in [0.25, 0.3) is 0 Å². The van der Waals surface area contributed by atoms with E-state index in [-0.39, 0.29) is 11.7 Å². The highest BCUT2D eigenvalue weighted by Crippen LogP contribution is 2.31. The molecule has 0 aliphatic rings. The molecule has 0 aromatic heterocycles. The van der Waals surface area contributed by atoms with Crippen LogP contribution in [0.3, 0.4) is 0 Å². The van der Waals surface area contributed by atoms with Gasteiger partial charge in [0.1, 0.15) is 6.54 Å². The highest BCUT2D eigenvalue weighted by Gasteiger charge is 2.31. The third-order valence-electron chi connectivity index (χ3n) is 3.85. The van der Waals surface area contributed by atoms with Gasteiger partial charge < -0.3 is 5.32 Å². The van der Waals surface area contributed by atoms with Gasteiger partial charge in [0.15, 0.2) is 0 Å². The summed E-state index contributed by atoms with van der Waals surface area (Å²) in [5, 5.41) is 2.68. The highest BCUT2D eigenvalue weighted by molar-refractivity contribution is 7.92. The zero-order valence-corrected chi connectivity index (χ0v) is 15.5. The molecule has 0 fully saturated rings. The normalized spacial score (nSPS) is 13.1. The summed E-state index contributed by atoms with van der Waals surface area (Å²) < 4.78 is 62.8. The molecule has 0 bridgehead atoms. The van der Waals surface area contributed by atoms with Crippen molar-refractivity contribution < 1.29 is 26.4 Å². The average Bonchev–Trinajstić information content (AvgIpc) is 2.59. The van der Waals surface area contributed by atoms with E-state index in [2.05, 4.69) is 5.32 Å². The predicted octanol–water partition coefficient (Wildman–Crippen LogP) is 3.35. The predicted molar refractivity (Wildman–Crippen MR) is 96.6 cm³/mol. The minimum Gasteiger partial charge on any atom is -0.348 e. The monoisotopic (exact) mass is 400 g/mol. The Morgan fingerprint density at radius 3 is 2.11 bits per heavy atom. The quantitative estimate of drug-likeness (QED) is 0.809. The number of nitrogens with one attached hydrogen (secondary N) is 1. The van der Waals surface area contributed by atoms with Crippen molar-refractivity contribution in [3.05, 3.63) is 65.7 Å². The van der Waals surface area contributed by atoms with Crippen molar-refractivity contribution in [2.24, 2.45) is 0 Å². The number of anilines is 1. The molecule has 5 nitrogen and oxygen atoms in total. The Balaban J connectivity index is 2.16. The van der Waals surface area contributed by atoms with Gasteiger partial charge in [-0.2, -0.15) is 13.2 Å². The van der Waals surface area contributed by atoms with E-state index < -0.39 is 34.2 Å². The average molecular weight is 400 g/mol. The molecule has 2 aromatic rings. The van der Waals surface area contributed by atoms with Crippen molar-refractivity contribution in [3.8, 4) is 0 Å². The Kier molecular flexibility index (Phi) is 6.15. The van der Waals surface area contributed by atoms with Gasteiger partial charge in [0.2, 0.25) is 15.9 Å². The maximum atomic E-state index is 12.7. The topological polar surface area (TPSA) is 66.5 Å². The highest BCUT2D eigenvalue weighted by atomic mass is 32.2. The van der Waals surface area contributed by atoms with Crippen molar-refractivity contribution in [1.82, 2.24) is 5.32 Å². The lowest BCUT2D eigenvalue weighted by Crippen LogP contribution is -2.41. The first-order valence-electron chi connectivity index (χ1n) is 7.98. The molecule has 2 rings (SSSR count). The standard InChI is InChI=1S/C18H19F3N2O3S/c1-13(14-6-4-3-5-7-14)22-17(24)12-23(27(2,25)26)16-10-8-15(9-11-16)18(19,20)21/h3-11,13H,12H2,1-2H3,(H,22,24)/t13-/m0/s1. The van der Waals surface area contributed by atoms with Gasteiger partial charge in [-0.05, 0) is 36.8 Å². The molecule has 2 aromatic carbocycles. The number of hydrogen-bond donors (Lipinski definition) is 1. The molecule has 0 unspecified atom stereocenters. The molecule has 1 amide bonds. The van der Waals surface area contributed by atoms with Crippen molar-refractivity contribution in [1.29, 1.82) is 0 Å². The first kappa shape index (κ1) is 20.8. The first-order valence-corrected chi connectivity index (χ1v) is 9.82. The molecule has 0 aliphatic carbocycles. The van der Waals surface area contributed by atoms with Crippen LogP contribution < -0.4 is 9.62 Å². The van der Waals surface area contributed by atoms with Crippen LogP contribution in [0, 0.1) is 0 Å². The second-order valence-electron chi connectivity index (χ2n) is 6.01. The van der Waals surface area contributed by atoms with E-state index in [0.717, 1.165) is 40.4 Å². The fourth-order valence-electron chi connectivity index (χ4n) is 2.46. The molecule has 0 heterocycles. The molecule has 1 N–H and O–H groups in total. The zero-order valence-electron chi connectivity index (χ0n) is 14.7. The number of halogens is 3. The Labute approximate surface area is 155 Å². The number of amides is 1. The molecule has 1 atom stereocenters. The summed E-state index contributed by atoms with van der Waals surface area (Å²) >= 11 is 0. The molecule has 0 radical (unpaired) electrons.